The lowest BCUT2D eigenvalue weighted by Crippen LogP contribution is -2.36. The maximum Gasteiger partial charge on any atom is 0.191 e. The number of para-hydroxylation sites is 1. The molecule has 5 heteroatoms. The number of guanidine groups is 1. The maximum absolute atomic E-state index is 5.61. The molecule has 0 bridgehead atoms. The average molecular weight is 389 g/mol. The summed E-state index contributed by atoms with van der Waals surface area (Å²) in [5.41, 5.74) is 1.07. The SMILES string of the molecule is C=CCOc1ccccc1CN=C(NCC)NCC.I. The first-order valence-corrected chi connectivity index (χ1v) is 6.65. The number of rotatable bonds is 7. The zero-order valence-electron chi connectivity index (χ0n) is 12.2. The second kappa shape index (κ2) is 11.6. The summed E-state index contributed by atoms with van der Waals surface area (Å²) in [4.78, 5) is 4.53. The van der Waals surface area contributed by atoms with Crippen molar-refractivity contribution in [3.63, 3.8) is 0 Å². The Hall–Kier alpha value is -1.24. The monoisotopic (exact) mass is 389 g/mol. The Balaban J connectivity index is 0.00000361. The molecule has 1 aromatic carbocycles. The smallest absolute Gasteiger partial charge is 0.191 e. The van der Waals surface area contributed by atoms with Gasteiger partial charge in [-0.3, -0.25) is 0 Å². The first-order chi connectivity index (χ1) is 9.31. The molecule has 0 aliphatic rings. The molecule has 0 saturated carbocycles. The van der Waals surface area contributed by atoms with Crippen LogP contribution in [0.1, 0.15) is 19.4 Å². The lowest BCUT2D eigenvalue weighted by atomic mass is 10.2. The molecule has 0 aromatic heterocycles. The number of nitrogens with one attached hydrogen (secondary N) is 2. The lowest BCUT2D eigenvalue weighted by Gasteiger charge is -2.11. The van der Waals surface area contributed by atoms with Crippen LogP contribution in [-0.2, 0) is 6.54 Å². The van der Waals surface area contributed by atoms with Crippen LogP contribution < -0.4 is 15.4 Å². The molecule has 20 heavy (non-hydrogen) atoms. The van der Waals surface area contributed by atoms with Crippen LogP contribution >= 0.6 is 24.0 Å². The van der Waals surface area contributed by atoms with Gasteiger partial charge < -0.3 is 15.4 Å². The van der Waals surface area contributed by atoms with Crippen molar-refractivity contribution in [3.8, 4) is 5.75 Å². The van der Waals surface area contributed by atoms with E-state index in [4.69, 9.17) is 4.74 Å². The van der Waals surface area contributed by atoms with E-state index in [1.807, 2.05) is 38.1 Å². The molecular formula is C15H24IN3O. The molecule has 0 aliphatic heterocycles. The number of ether oxygens (including phenoxy) is 1. The van der Waals surface area contributed by atoms with Crippen molar-refractivity contribution in [1.82, 2.24) is 10.6 Å². The Morgan fingerprint density at radius 1 is 1.25 bits per heavy atom. The molecule has 0 unspecified atom stereocenters. The van der Waals surface area contributed by atoms with Crippen LogP contribution in [0.4, 0.5) is 0 Å². The van der Waals surface area contributed by atoms with E-state index in [1.165, 1.54) is 0 Å². The third-order valence-electron chi connectivity index (χ3n) is 2.43. The van der Waals surface area contributed by atoms with Gasteiger partial charge in [0.2, 0.25) is 0 Å². The van der Waals surface area contributed by atoms with Crippen molar-refractivity contribution in [2.75, 3.05) is 19.7 Å². The largest absolute Gasteiger partial charge is 0.489 e. The fourth-order valence-electron chi connectivity index (χ4n) is 1.60. The van der Waals surface area contributed by atoms with Crippen molar-refractivity contribution < 1.29 is 4.74 Å². The zero-order valence-corrected chi connectivity index (χ0v) is 14.5. The molecule has 1 rings (SSSR count). The Morgan fingerprint density at radius 2 is 1.90 bits per heavy atom. The van der Waals surface area contributed by atoms with E-state index < -0.39 is 0 Å². The van der Waals surface area contributed by atoms with Gasteiger partial charge in [-0.2, -0.15) is 0 Å². The van der Waals surface area contributed by atoms with E-state index in [9.17, 15) is 0 Å². The van der Waals surface area contributed by atoms with Gasteiger partial charge in [-0.15, -0.1) is 24.0 Å². The average Bonchev–Trinajstić information content (AvgIpc) is 2.44. The lowest BCUT2D eigenvalue weighted by molar-refractivity contribution is 0.359. The summed E-state index contributed by atoms with van der Waals surface area (Å²) in [7, 11) is 0. The van der Waals surface area contributed by atoms with Crippen molar-refractivity contribution in [2.45, 2.75) is 20.4 Å². The molecule has 112 valence electrons. The Kier molecular flexibility index (Phi) is 10.9. The van der Waals surface area contributed by atoms with Gasteiger partial charge in [0, 0.05) is 18.7 Å². The summed E-state index contributed by atoms with van der Waals surface area (Å²) < 4.78 is 5.61. The van der Waals surface area contributed by atoms with Gasteiger partial charge in [0.15, 0.2) is 5.96 Å². The highest BCUT2D eigenvalue weighted by Crippen LogP contribution is 2.18. The van der Waals surface area contributed by atoms with Crippen LogP contribution in [0.25, 0.3) is 0 Å². The van der Waals surface area contributed by atoms with Crippen molar-refractivity contribution >= 4 is 29.9 Å². The molecule has 0 amide bonds. The summed E-state index contributed by atoms with van der Waals surface area (Å²) >= 11 is 0. The fraction of sp³-hybridized carbons (Fsp3) is 0.400. The number of hydrogen-bond acceptors (Lipinski definition) is 2. The molecule has 0 spiro atoms. The minimum atomic E-state index is 0. The summed E-state index contributed by atoms with van der Waals surface area (Å²) in [5, 5.41) is 6.40. The third-order valence-corrected chi connectivity index (χ3v) is 2.43. The summed E-state index contributed by atoms with van der Waals surface area (Å²) in [5.74, 6) is 1.68. The second-order valence-electron chi connectivity index (χ2n) is 3.93. The number of benzene rings is 1. The Labute approximate surface area is 138 Å². The first kappa shape index (κ1) is 18.8. The van der Waals surface area contributed by atoms with Crippen molar-refractivity contribution in [1.29, 1.82) is 0 Å². The van der Waals surface area contributed by atoms with Crippen LogP contribution in [0, 0.1) is 0 Å². The predicted octanol–water partition coefficient (Wildman–Crippen LogP) is 2.94. The van der Waals surface area contributed by atoms with Crippen LogP contribution in [0.2, 0.25) is 0 Å². The summed E-state index contributed by atoms with van der Waals surface area (Å²) in [6.45, 7) is 10.5. The standard InChI is InChI=1S/C15H23N3O.HI/c1-4-11-19-14-10-8-7-9-13(14)12-18-15(16-5-2)17-6-3;/h4,7-10H,1,5-6,11-12H2,2-3H3,(H2,16,17,18);1H. The molecule has 0 atom stereocenters. The van der Waals surface area contributed by atoms with E-state index in [0.717, 1.165) is 30.4 Å². The minimum Gasteiger partial charge on any atom is -0.489 e. The van der Waals surface area contributed by atoms with E-state index >= 15 is 0 Å². The van der Waals surface area contributed by atoms with Gasteiger partial charge in [0.25, 0.3) is 0 Å². The van der Waals surface area contributed by atoms with Gasteiger partial charge in [0.05, 0.1) is 6.54 Å². The molecule has 0 radical (unpaired) electrons. The van der Waals surface area contributed by atoms with Crippen LogP contribution in [0.3, 0.4) is 0 Å². The van der Waals surface area contributed by atoms with Crippen molar-refractivity contribution in [3.05, 3.63) is 42.5 Å². The third kappa shape index (κ3) is 6.79. The zero-order chi connectivity index (χ0) is 13.9. The number of nitrogens with zero attached hydrogens (tertiary/aromatic N) is 1. The number of hydrogen-bond donors (Lipinski definition) is 2. The van der Waals surface area contributed by atoms with Crippen LogP contribution in [-0.4, -0.2) is 25.7 Å². The molecule has 0 heterocycles. The van der Waals surface area contributed by atoms with Gasteiger partial charge >= 0.3 is 0 Å². The van der Waals surface area contributed by atoms with Gasteiger partial charge in [-0.25, -0.2) is 4.99 Å². The Morgan fingerprint density at radius 3 is 2.50 bits per heavy atom. The summed E-state index contributed by atoms with van der Waals surface area (Å²) in [6.07, 6.45) is 1.74. The second-order valence-corrected chi connectivity index (χ2v) is 3.93. The van der Waals surface area contributed by atoms with E-state index in [-0.39, 0.29) is 24.0 Å². The van der Waals surface area contributed by atoms with Gasteiger partial charge in [-0.1, -0.05) is 30.9 Å². The maximum atomic E-state index is 5.61. The highest BCUT2D eigenvalue weighted by atomic mass is 127. The highest BCUT2D eigenvalue weighted by molar-refractivity contribution is 14.0. The molecule has 0 aliphatic carbocycles. The highest BCUT2D eigenvalue weighted by Gasteiger charge is 2.02. The molecular weight excluding hydrogens is 365 g/mol. The van der Waals surface area contributed by atoms with Gasteiger partial charge in [-0.05, 0) is 19.9 Å². The van der Waals surface area contributed by atoms with Crippen LogP contribution in [0.15, 0.2) is 41.9 Å². The van der Waals surface area contributed by atoms with E-state index in [2.05, 4.69) is 22.2 Å². The number of halogens is 1. The molecule has 0 fully saturated rings. The van der Waals surface area contributed by atoms with Crippen LogP contribution in [0.5, 0.6) is 5.75 Å². The summed E-state index contributed by atoms with van der Waals surface area (Å²) in [6, 6.07) is 7.93. The Bertz CT molecular complexity index is 413. The molecule has 2 N–H and O–H groups in total. The predicted molar refractivity (Wildman–Crippen MR) is 96.0 cm³/mol. The minimum absolute atomic E-state index is 0. The normalized spacial score (nSPS) is 9.10. The van der Waals surface area contributed by atoms with E-state index in [0.29, 0.717) is 13.2 Å². The first-order valence-electron chi connectivity index (χ1n) is 6.65. The van der Waals surface area contributed by atoms with Crippen molar-refractivity contribution in [2.24, 2.45) is 4.99 Å². The fourth-order valence-corrected chi connectivity index (χ4v) is 1.60. The number of aliphatic imine (C=N–C) groups is 1. The van der Waals surface area contributed by atoms with Gasteiger partial charge in [0.1, 0.15) is 12.4 Å². The quantitative estimate of drug-likeness (QED) is 0.326. The molecule has 0 saturated heterocycles. The van der Waals surface area contributed by atoms with E-state index in [1.54, 1.807) is 6.08 Å². The molecule has 1 aromatic rings. The molecule has 4 nitrogen and oxygen atoms in total. The topological polar surface area (TPSA) is 45.6 Å².